The first-order valence-electron chi connectivity index (χ1n) is 12.9. The summed E-state index contributed by atoms with van der Waals surface area (Å²) in [4.78, 5) is 30.5. The Kier molecular flexibility index (Phi) is 9.36. The first-order chi connectivity index (χ1) is 18.2. The van der Waals surface area contributed by atoms with E-state index < -0.39 is 17.7 Å². The molecule has 4 rings (SSSR count). The lowest BCUT2D eigenvalue weighted by atomic mass is 9.94. The molecule has 2 saturated heterocycles. The third-order valence-electron chi connectivity index (χ3n) is 6.81. The largest absolute Gasteiger partial charge is 0.507 e. The molecule has 0 bridgehead atoms. The minimum absolute atomic E-state index is 0.0405. The van der Waals surface area contributed by atoms with Crippen LogP contribution in [0.3, 0.4) is 0 Å². The SMILES string of the molecule is Cc1cc(OCC(C)C)ccc1/C(O)=C1\C(=O)C(=O)N(CCCN2CCOCC2)[C@@H]1c1ccc(Cl)c(Cl)c1. The second-order valence-corrected chi connectivity index (χ2v) is 11.0. The number of ketones is 1. The highest BCUT2D eigenvalue weighted by atomic mass is 35.5. The number of carbonyl (C=O) groups excluding carboxylic acids is 2. The minimum atomic E-state index is -0.786. The molecule has 0 spiro atoms. The van der Waals surface area contributed by atoms with Gasteiger partial charge in [-0.05, 0) is 60.7 Å². The average Bonchev–Trinajstić information content (AvgIpc) is 3.14. The quantitative estimate of drug-likeness (QED) is 0.248. The molecule has 0 radical (unpaired) electrons. The van der Waals surface area contributed by atoms with E-state index in [1.54, 1.807) is 30.3 Å². The molecule has 2 aliphatic rings. The Morgan fingerprint density at radius 3 is 2.47 bits per heavy atom. The highest BCUT2D eigenvalue weighted by molar-refractivity contribution is 6.47. The molecular formula is C29H34Cl2N2O5. The maximum Gasteiger partial charge on any atom is 0.295 e. The number of rotatable bonds is 9. The number of Topliss-reactive ketones (excluding diaryl/α,β-unsaturated/α-hetero) is 1. The fraction of sp³-hybridized carbons (Fsp3) is 0.448. The van der Waals surface area contributed by atoms with E-state index in [1.807, 2.05) is 13.0 Å². The van der Waals surface area contributed by atoms with Crippen LogP contribution in [0.5, 0.6) is 5.75 Å². The van der Waals surface area contributed by atoms with Crippen LogP contribution in [-0.2, 0) is 14.3 Å². The van der Waals surface area contributed by atoms with Crippen molar-refractivity contribution in [2.24, 2.45) is 5.92 Å². The number of hydrogen-bond acceptors (Lipinski definition) is 6. The molecule has 2 aliphatic heterocycles. The molecule has 0 aromatic heterocycles. The number of aryl methyl sites for hydroxylation is 1. The zero-order valence-corrected chi connectivity index (χ0v) is 23.5. The number of likely N-dealkylation sites (tertiary alicyclic amines) is 1. The Morgan fingerprint density at radius 1 is 1.08 bits per heavy atom. The second-order valence-electron chi connectivity index (χ2n) is 10.2. The molecule has 9 heteroatoms. The van der Waals surface area contributed by atoms with Crippen LogP contribution in [-0.4, -0.2) is 72.6 Å². The van der Waals surface area contributed by atoms with Crippen molar-refractivity contribution in [2.45, 2.75) is 33.2 Å². The van der Waals surface area contributed by atoms with Gasteiger partial charge in [0.05, 0.1) is 41.5 Å². The molecule has 2 aromatic rings. The van der Waals surface area contributed by atoms with Crippen molar-refractivity contribution >= 4 is 40.7 Å². The van der Waals surface area contributed by atoms with Crippen molar-refractivity contribution in [3.05, 3.63) is 68.7 Å². The fourth-order valence-corrected chi connectivity index (χ4v) is 5.14. The summed E-state index contributed by atoms with van der Waals surface area (Å²) in [5, 5.41) is 12.1. The summed E-state index contributed by atoms with van der Waals surface area (Å²) in [6.07, 6.45) is 0.672. The smallest absolute Gasteiger partial charge is 0.295 e. The predicted molar refractivity (Wildman–Crippen MR) is 149 cm³/mol. The van der Waals surface area contributed by atoms with Crippen LogP contribution in [0.25, 0.3) is 5.76 Å². The Labute approximate surface area is 233 Å². The molecular weight excluding hydrogens is 527 g/mol. The highest BCUT2D eigenvalue weighted by Crippen LogP contribution is 2.41. The molecule has 0 unspecified atom stereocenters. The molecule has 1 N–H and O–H groups in total. The van der Waals surface area contributed by atoms with Crippen LogP contribution >= 0.6 is 23.2 Å². The van der Waals surface area contributed by atoms with Gasteiger partial charge in [-0.3, -0.25) is 14.5 Å². The lowest BCUT2D eigenvalue weighted by Crippen LogP contribution is -2.38. The summed E-state index contributed by atoms with van der Waals surface area (Å²) >= 11 is 12.5. The number of morpholine rings is 1. The minimum Gasteiger partial charge on any atom is -0.507 e. The molecule has 0 aliphatic carbocycles. The zero-order valence-electron chi connectivity index (χ0n) is 22.0. The number of nitrogens with zero attached hydrogens (tertiary/aromatic N) is 2. The topological polar surface area (TPSA) is 79.3 Å². The molecule has 204 valence electrons. The van der Waals surface area contributed by atoms with Gasteiger partial charge in [0, 0.05) is 31.7 Å². The van der Waals surface area contributed by atoms with Gasteiger partial charge in [-0.15, -0.1) is 0 Å². The summed E-state index contributed by atoms with van der Waals surface area (Å²) in [6, 6.07) is 9.55. The Morgan fingerprint density at radius 2 is 1.82 bits per heavy atom. The molecule has 38 heavy (non-hydrogen) atoms. The van der Waals surface area contributed by atoms with Crippen LogP contribution in [0.1, 0.15) is 43.0 Å². The van der Waals surface area contributed by atoms with Gasteiger partial charge in [0.2, 0.25) is 0 Å². The van der Waals surface area contributed by atoms with Crippen molar-refractivity contribution < 1.29 is 24.2 Å². The number of hydrogen-bond donors (Lipinski definition) is 1. The van der Waals surface area contributed by atoms with Gasteiger partial charge in [0.1, 0.15) is 11.5 Å². The van der Waals surface area contributed by atoms with E-state index in [2.05, 4.69) is 18.7 Å². The van der Waals surface area contributed by atoms with Crippen LogP contribution < -0.4 is 4.74 Å². The van der Waals surface area contributed by atoms with Gasteiger partial charge in [0.15, 0.2) is 0 Å². The number of ether oxygens (including phenoxy) is 2. The Bertz CT molecular complexity index is 1220. The molecule has 1 amide bonds. The van der Waals surface area contributed by atoms with Crippen molar-refractivity contribution in [3.63, 3.8) is 0 Å². The van der Waals surface area contributed by atoms with Gasteiger partial charge in [0.25, 0.3) is 11.7 Å². The van der Waals surface area contributed by atoms with Crippen LogP contribution in [0.4, 0.5) is 0 Å². The zero-order chi connectivity index (χ0) is 27.4. The molecule has 2 heterocycles. The van der Waals surface area contributed by atoms with Crippen molar-refractivity contribution in [3.8, 4) is 5.75 Å². The molecule has 0 saturated carbocycles. The monoisotopic (exact) mass is 560 g/mol. The van der Waals surface area contributed by atoms with Gasteiger partial charge in [-0.25, -0.2) is 0 Å². The van der Waals surface area contributed by atoms with Gasteiger partial charge in [-0.1, -0.05) is 43.1 Å². The van der Waals surface area contributed by atoms with Crippen LogP contribution in [0.15, 0.2) is 42.0 Å². The van der Waals surface area contributed by atoms with Crippen molar-refractivity contribution in [1.82, 2.24) is 9.80 Å². The number of aliphatic hydroxyl groups excluding tert-OH is 1. The predicted octanol–water partition coefficient (Wildman–Crippen LogP) is 5.48. The lowest BCUT2D eigenvalue weighted by Gasteiger charge is -2.29. The fourth-order valence-electron chi connectivity index (χ4n) is 4.83. The second kappa shape index (κ2) is 12.5. The molecule has 7 nitrogen and oxygen atoms in total. The van der Waals surface area contributed by atoms with Crippen LogP contribution in [0.2, 0.25) is 10.0 Å². The number of amides is 1. The standard InChI is InChI=1S/C29H34Cl2N2O5/c1-18(2)17-38-21-6-7-22(19(3)15-21)27(34)25-26(20-5-8-23(30)24(31)16-20)33(29(36)28(25)35)10-4-9-32-11-13-37-14-12-32/h5-8,15-16,18,26,34H,4,9-14,17H2,1-3H3/b27-25+/t26-/m1/s1. The summed E-state index contributed by atoms with van der Waals surface area (Å²) in [5.41, 5.74) is 1.85. The number of halogens is 2. The van der Waals surface area contributed by atoms with E-state index in [1.165, 1.54) is 4.90 Å². The maximum absolute atomic E-state index is 13.4. The van der Waals surface area contributed by atoms with E-state index in [9.17, 15) is 14.7 Å². The van der Waals surface area contributed by atoms with E-state index in [0.29, 0.717) is 65.6 Å². The summed E-state index contributed by atoms with van der Waals surface area (Å²) in [5.74, 6) is -0.530. The van der Waals surface area contributed by atoms with Gasteiger partial charge >= 0.3 is 0 Å². The Hall–Kier alpha value is -2.58. The molecule has 1 atom stereocenters. The molecule has 2 fully saturated rings. The third kappa shape index (κ3) is 6.34. The summed E-state index contributed by atoms with van der Waals surface area (Å²) in [7, 11) is 0. The van der Waals surface area contributed by atoms with Crippen LogP contribution in [0, 0.1) is 12.8 Å². The first kappa shape index (κ1) is 28.4. The highest BCUT2D eigenvalue weighted by Gasteiger charge is 2.46. The summed E-state index contributed by atoms with van der Waals surface area (Å²) < 4.78 is 11.2. The lowest BCUT2D eigenvalue weighted by molar-refractivity contribution is -0.140. The van der Waals surface area contributed by atoms with Crippen molar-refractivity contribution in [1.29, 1.82) is 0 Å². The normalized spacial score (nSPS) is 19.9. The third-order valence-corrected chi connectivity index (χ3v) is 7.55. The maximum atomic E-state index is 13.4. The molecule has 2 aromatic carbocycles. The Balaban J connectivity index is 1.68. The van der Waals surface area contributed by atoms with Gasteiger partial charge in [-0.2, -0.15) is 0 Å². The first-order valence-corrected chi connectivity index (χ1v) is 13.7. The van der Waals surface area contributed by atoms with E-state index in [-0.39, 0.29) is 11.3 Å². The van der Waals surface area contributed by atoms with E-state index >= 15 is 0 Å². The van der Waals surface area contributed by atoms with Gasteiger partial charge < -0.3 is 19.5 Å². The average molecular weight is 562 g/mol. The van der Waals surface area contributed by atoms with E-state index in [0.717, 1.165) is 25.2 Å². The number of aliphatic hydroxyl groups is 1. The summed E-state index contributed by atoms with van der Waals surface area (Å²) in [6.45, 7) is 10.7. The van der Waals surface area contributed by atoms with Crippen molar-refractivity contribution in [2.75, 3.05) is 46.0 Å². The number of carbonyl (C=O) groups is 2. The van der Waals surface area contributed by atoms with E-state index in [4.69, 9.17) is 32.7 Å². The number of benzene rings is 2.